The lowest BCUT2D eigenvalue weighted by molar-refractivity contribution is 0.0405. The largest absolute Gasteiger partial charge is 0.492 e. The van der Waals surface area contributed by atoms with Crippen molar-refractivity contribution in [2.24, 2.45) is 17.7 Å². The van der Waals surface area contributed by atoms with Gasteiger partial charge in [0.2, 0.25) is 6.43 Å². The van der Waals surface area contributed by atoms with Crippen molar-refractivity contribution >= 4 is 21.7 Å². The number of anilines is 1. The van der Waals surface area contributed by atoms with E-state index in [-0.39, 0.29) is 0 Å². The molecular weight excluding hydrogens is 332 g/mol. The number of hydrogen-bond acceptors (Lipinski definition) is 4. The molecule has 2 rings (SSSR count). The number of nitrogens with two attached hydrogens (primary N) is 1. The van der Waals surface area contributed by atoms with Crippen molar-refractivity contribution in [3.8, 4) is 5.75 Å². The van der Waals surface area contributed by atoms with Gasteiger partial charge in [-0.25, -0.2) is 19.6 Å². The molecule has 0 spiro atoms. The zero-order valence-electron chi connectivity index (χ0n) is 11.0. The number of rotatable bonds is 5. The van der Waals surface area contributed by atoms with Crippen LogP contribution in [-0.2, 0) is 0 Å². The third kappa shape index (κ3) is 4.02. The van der Waals surface area contributed by atoms with Crippen molar-refractivity contribution in [3.63, 3.8) is 0 Å². The van der Waals surface area contributed by atoms with E-state index in [9.17, 15) is 8.78 Å². The van der Waals surface area contributed by atoms with Crippen molar-refractivity contribution in [2.45, 2.75) is 32.1 Å². The molecule has 0 aromatic carbocycles. The number of hydrogen-bond donors (Lipinski definition) is 2. The van der Waals surface area contributed by atoms with Crippen molar-refractivity contribution < 1.29 is 13.5 Å². The van der Waals surface area contributed by atoms with Crippen molar-refractivity contribution in [3.05, 3.63) is 16.7 Å². The van der Waals surface area contributed by atoms with Gasteiger partial charge in [-0.1, -0.05) is 0 Å². The van der Waals surface area contributed by atoms with E-state index in [2.05, 4.69) is 26.3 Å². The Morgan fingerprint density at radius 3 is 2.70 bits per heavy atom. The first kappa shape index (κ1) is 15.4. The maximum absolute atomic E-state index is 12.6. The smallest absolute Gasteiger partial charge is 0.241 e. The van der Waals surface area contributed by atoms with Crippen LogP contribution >= 0.6 is 15.9 Å². The molecule has 1 saturated carbocycles. The number of nitrogens with zero attached hydrogens (tertiary/aromatic N) is 1. The lowest BCUT2D eigenvalue weighted by Crippen LogP contribution is -2.23. The fraction of sp³-hybridized carbons (Fsp3) is 0.615. The normalized spacial score (nSPS) is 22.9. The Labute approximate surface area is 125 Å². The second kappa shape index (κ2) is 7.17. The lowest BCUT2D eigenvalue weighted by Gasteiger charge is -2.27. The Hall–Kier alpha value is -0.950. The Morgan fingerprint density at radius 1 is 1.40 bits per heavy atom. The van der Waals surface area contributed by atoms with Gasteiger partial charge in [0, 0.05) is 18.2 Å². The van der Waals surface area contributed by atoms with E-state index in [0.29, 0.717) is 36.9 Å². The summed E-state index contributed by atoms with van der Waals surface area (Å²) in [6, 6.07) is 1.70. The molecule has 0 bridgehead atoms. The summed E-state index contributed by atoms with van der Waals surface area (Å²) in [4.78, 5) is 4.04. The average Bonchev–Trinajstić information content (AvgIpc) is 2.47. The minimum atomic E-state index is -2.19. The summed E-state index contributed by atoms with van der Waals surface area (Å²) < 4.78 is 31.6. The fourth-order valence-electron chi connectivity index (χ4n) is 2.42. The molecule has 0 unspecified atom stereocenters. The molecule has 0 aliphatic heterocycles. The monoisotopic (exact) mass is 349 g/mol. The molecular formula is C13H18BrF2N3O. The topological polar surface area (TPSA) is 60.2 Å². The molecule has 20 heavy (non-hydrogen) atoms. The Kier molecular flexibility index (Phi) is 5.54. The van der Waals surface area contributed by atoms with Crippen LogP contribution in [0, 0.1) is 11.8 Å². The average molecular weight is 350 g/mol. The second-order valence-electron chi connectivity index (χ2n) is 5.07. The highest BCUT2D eigenvalue weighted by atomic mass is 79.9. The number of pyridine rings is 1. The van der Waals surface area contributed by atoms with E-state index in [1.54, 1.807) is 12.3 Å². The van der Waals surface area contributed by atoms with Gasteiger partial charge in [0.05, 0.1) is 11.1 Å². The number of ether oxygens (including phenoxy) is 1. The molecule has 1 heterocycles. The standard InChI is InChI=1S/C13H18BrF2N3O/c14-10-6-18-12(19-17)5-11(10)20-7-8-1-3-9(4-2-8)13(15)16/h5-6,8-9,13H,1-4,7,17H2,(H,18,19). The predicted molar refractivity (Wildman–Crippen MR) is 76.7 cm³/mol. The number of nitrogen functional groups attached to an aromatic ring is 1. The molecule has 112 valence electrons. The molecule has 3 N–H and O–H groups in total. The van der Waals surface area contributed by atoms with Crippen molar-refractivity contribution in [2.75, 3.05) is 12.0 Å². The van der Waals surface area contributed by atoms with E-state index < -0.39 is 12.3 Å². The number of aromatic nitrogens is 1. The number of alkyl halides is 2. The maximum atomic E-state index is 12.6. The van der Waals surface area contributed by atoms with Crippen LogP contribution in [0.3, 0.4) is 0 Å². The second-order valence-corrected chi connectivity index (χ2v) is 5.92. The van der Waals surface area contributed by atoms with Crippen LogP contribution < -0.4 is 16.0 Å². The van der Waals surface area contributed by atoms with E-state index >= 15 is 0 Å². The number of halogens is 3. The maximum Gasteiger partial charge on any atom is 0.241 e. The molecule has 4 nitrogen and oxygen atoms in total. The summed E-state index contributed by atoms with van der Waals surface area (Å²) >= 11 is 3.36. The zero-order valence-corrected chi connectivity index (χ0v) is 12.6. The van der Waals surface area contributed by atoms with Crippen LogP contribution in [0.1, 0.15) is 25.7 Å². The van der Waals surface area contributed by atoms with Crippen LogP contribution in [0.15, 0.2) is 16.7 Å². The Morgan fingerprint density at radius 2 is 2.10 bits per heavy atom. The molecule has 0 amide bonds. The van der Waals surface area contributed by atoms with Gasteiger partial charge >= 0.3 is 0 Å². The highest BCUT2D eigenvalue weighted by molar-refractivity contribution is 9.10. The SMILES string of the molecule is NNc1cc(OCC2CCC(C(F)F)CC2)c(Br)cn1. The van der Waals surface area contributed by atoms with E-state index in [1.807, 2.05) is 0 Å². The molecule has 1 aromatic heterocycles. The van der Waals surface area contributed by atoms with Gasteiger partial charge in [-0.15, -0.1) is 0 Å². The van der Waals surface area contributed by atoms with Crippen LogP contribution in [0.5, 0.6) is 5.75 Å². The molecule has 1 aliphatic rings. The minimum Gasteiger partial charge on any atom is -0.492 e. The Bertz CT molecular complexity index is 440. The Balaban J connectivity index is 1.84. The first-order valence-corrected chi connectivity index (χ1v) is 7.42. The molecule has 0 atom stereocenters. The van der Waals surface area contributed by atoms with Gasteiger partial charge in [-0.3, -0.25) is 0 Å². The van der Waals surface area contributed by atoms with E-state index in [4.69, 9.17) is 10.6 Å². The zero-order chi connectivity index (χ0) is 14.5. The summed E-state index contributed by atoms with van der Waals surface area (Å²) in [5.74, 6) is 6.37. The van der Waals surface area contributed by atoms with Crippen LogP contribution in [0.25, 0.3) is 0 Å². The van der Waals surface area contributed by atoms with Crippen molar-refractivity contribution in [1.29, 1.82) is 0 Å². The summed E-state index contributed by atoms with van der Waals surface area (Å²) in [5.41, 5.74) is 2.46. The highest BCUT2D eigenvalue weighted by Crippen LogP contribution is 2.34. The first-order chi connectivity index (χ1) is 9.60. The van der Waals surface area contributed by atoms with Gasteiger partial charge in [0.25, 0.3) is 0 Å². The fourth-order valence-corrected chi connectivity index (χ4v) is 2.76. The van der Waals surface area contributed by atoms with Gasteiger partial charge in [0.1, 0.15) is 11.6 Å². The van der Waals surface area contributed by atoms with Crippen molar-refractivity contribution in [1.82, 2.24) is 4.98 Å². The molecule has 1 aliphatic carbocycles. The molecule has 0 radical (unpaired) electrons. The third-order valence-corrected chi connectivity index (χ3v) is 4.29. The van der Waals surface area contributed by atoms with E-state index in [1.165, 1.54) is 0 Å². The molecule has 0 saturated heterocycles. The van der Waals surface area contributed by atoms with Gasteiger partial charge < -0.3 is 10.2 Å². The minimum absolute atomic E-state index is 0.333. The van der Waals surface area contributed by atoms with Crippen LogP contribution in [-0.4, -0.2) is 18.0 Å². The summed E-state index contributed by atoms with van der Waals surface area (Å²) in [7, 11) is 0. The molecule has 1 aromatic rings. The summed E-state index contributed by atoms with van der Waals surface area (Å²) in [6.45, 7) is 0.530. The van der Waals surface area contributed by atoms with E-state index in [0.717, 1.165) is 17.3 Å². The van der Waals surface area contributed by atoms with Crippen LogP contribution in [0.4, 0.5) is 14.6 Å². The lowest BCUT2D eigenvalue weighted by atomic mass is 9.82. The number of nitrogens with one attached hydrogen (secondary N) is 1. The van der Waals surface area contributed by atoms with Crippen LogP contribution in [0.2, 0.25) is 0 Å². The summed E-state index contributed by atoms with van der Waals surface area (Å²) in [5, 5.41) is 0. The highest BCUT2D eigenvalue weighted by Gasteiger charge is 2.27. The van der Waals surface area contributed by atoms with Gasteiger partial charge in [-0.2, -0.15) is 0 Å². The first-order valence-electron chi connectivity index (χ1n) is 6.63. The van der Waals surface area contributed by atoms with Gasteiger partial charge in [-0.05, 0) is 47.5 Å². The molecule has 7 heteroatoms. The predicted octanol–water partition coefficient (Wildman–Crippen LogP) is 3.58. The quantitative estimate of drug-likeness (QED) is 0.630. The third-order valence-electron chi connectivity index (χ3n) is 3.69. The summed E-state index contributed by atoms with van der Waals surface area (Å²) in [6.07, 6.45) is 2.17. The van der Waals surface area contributed by atoms with Gasteiger partial charge in [0.15, 0.2) is 0 Å². The number of hydrazine groups is 1. The molecule has 1 fully saturated rings.